The Morgan fingerprint density at radius 3 is 2.65 bits per heavy atom. The molecule has 1 N–H and O–H groups in total. The number of carbonyl (C=O) groups is 1. The predicted octanol–water partition coefficient (Wildman–Crippen LogP) is 4.57. The van der Waals surface area contributed by atoms with Crippen molar-refractivity contribution >= 4 is 17.2 Å². The van der Waals surface area contributed by atoms with Gasteiger partial charge in [0.1, 0.15) is 5.83 Å². The van der Waals surface area contributed by atoms with Crippen LogP contribution in [0.1, 0.15) is 25.8 Å². The molecule has 1 aliphatic rings. The summed E-state index contributed by atoms with van der Waals surface area (Å²) in [6.07, 6.45) is 7.00. The van der Waals surface area contributed by atoms with Crippen LogP contribution in [0, 0.1) is 11.5 Å². The molecule has 0 radical (unpaired) electrons. The Morgan fingerprint density at radius 1 is 1.38 bits per heavy atom. The third kappa shape index (κ3) is 4.48. The molecule has 0 spiro atoms. The summed E-state index contributed by atoms with van der Waals surface area (Å²) in [6, 6.07) is 7.35. The molecule has 4 nitrogen and oxygen atoms in total. The van der Waals surface area contributed by atoms with Gasteiger partial charge in [-0.3, -0.25) is 4.79 Å². The number of amides is 1. The molecule has 0 atom stereocenters. The second-order valence-electron chi connectivity index (χ2n) is 6.01. The van der Waals surface area contributed by atoms with Crippen LogP contribution in [0.5, 0.6) is 0 Å². The highest BCUT2D eigenvalue weighted by Gasteiger charge is 2.17. The Morgan fingerprint density at radius 2 is 2.08 bits per heavy atom. The third-order valence-electron chi connectivity index (χ3n) is 4.29. The zero-order valence-electron chi connectivity index (χ0n) is 15.1. The number of benzene rings is 1. The second kappa shape index (κ2) is 8.82. The first kappa shape index (κ1) is 19.2. The van der Waals surface area contributed by atoms with Crippen molar-refractivity contribution in [3.63, 3.8) is 0 Å². The van der Waals surface area contributed by atoms with Crippen molar-refractivity contribution in [3.8, 4) is 6.19 Å². The van der Waals surface area contributed by atoms with Crippen LogP contribution < -0.4 is 5.32 Å². The highest BCUT2D eigenvalue weighted by molar-refractivity contribution is 6.06. The predicted molar refractivity (Wildman–Crippen MR) is 103 cm³/mol. The van der Waals surface area contributed by atoms with Gasteiger partial charge in [0.2, 0.25) is 0 Å². The SMILES string of the molecule is C=C/C=C(C(=O)Nc1ccc(C2=C(C)CCN(C#N)C2)cc1)\C(F)=C/C. The lowest BCUT2D eigenvalue weighted by molar-refractivity contribution is -0.112. The molecule has 1 heterocycles. The minimum absolute atomic E-state index is 0.0675. The molecule has 0 saturated heterocycles. The summed E-state index contributed by atoms with van der Waals surface area (Å²) < 4.78 is 13.8. The molecule has 0 saturated carbocycles. The van der Waals surface area contributed by atoms with Crippen LogP contribution in [0.25, 0.3) is 5.57 Å². The average Bonchev–Trinajstić information content (AvgIpc) is 2.66. The average molecular weight is 351 g/mol. The minimum Gasteiger partial charge on any atom is -0.322 e. The molecule has 0 aliphatic carbocycles. The van der Waals surface area contributed by atoms with Crippen molar-refractivity contribution in [2.75, 3.05) is 18.4 Å². The highest BCUT2D eigenvalue weighted by atomic mass is 19.1. The van der Waals surface area contributed by atoms with Crippen LogP contribution in [-0.2, 0) is 4.79 Å². The summed E-state index contributed by atoms with van der Waals surface area (Å²) in [5, 5.41) is 11.8. The summed E-state index contributed by atoms with van der Waals surface area (Å²) in [6.45, 7) is 8.45. The van der Waals surface area contributed by atoms with Gasteiger partial charge >= 0.3 is 0 Å². The van der Waals surface area contributed by atoms with Crippen LogP contribution in [-0.4, -0.2) is 23.9 Å². The maximum Gasteiger partial charge on any atom is 0.258 e. The number of rotatable bonds is 5. The van der Waals surface area contributed by atoms with Crippen molar-refractivity contribution in [2.24, 2.45) is 0 Å². The van der Waals surface area contributed by atoms with E-state index in [9.17, 15) is 9.18 Å². The summed E-state index contributed by atoms with van der Waals surface area (Å²) >= 11 is 0. The van der Waals surface area contributed by atoms with Gasteiger partial charge in [0.25, 0.3) is 5.91 Å². The van der Waals surface area contributed by atoms with Crippen molar-refractivity contribution in [2.45, 2.75) is 20.3 Å². The number of carbonyl (C=O) groups excluding carboxylic acids is 1. The quantitative estimate of drug-likeness (QED) is 0.480. The second-order valence-corrected chi connectivity index (χ2v) is 6.01. The third-order valence-corrected chi connectivity index (χ3v) is 4.29. The maximum atomic E-state index is 13.8. The fourth-order valence-corrected chi connectivity index (χ4v) is 2.77. The topological polar surface area (TPSA) is 56.1 Å². The van der Waals surface area contributed by atoms with E-state index in [0.29, 0.717) is 12.2 Å². The molecule has 1 aromatic rings. The van der Waals surface area contributed by atoms with Crippen LogP contribution in [0.2, 0.25) is 0 Å². The number of nitrogens with one attached hydrogen (secondary N) is 1. The van der Waals surface area contributed by atoms with Gasteiger partial charge < -0.3 is 10.2 Å². The molecule has 1 aliphatic heterocycles. The first-order valence-electron chi connectivity index (χ1n) is 8.40. The number of allylic oxidation sites excluding steroid dienone is 3. The normalized spacial score (nSPS) is 15.5. The molecule has 0 aromatic heterocycles. The van der Waals surface area contributed by atoms with E-state index in [0.717, 1.165) is 24.1 Å². The van der Waals surface area contributed by atoms with E-state index in [4.69, 9.17) is 5.26 Å². The number of hydrogen-bond acceptors (Lipinski definition) is 3. The summed E-state index contributed by atoms with van der Waals surface area (Å²) in [7, 11) is 0. The van der Waals surface area contributed by atoms with Crippen LogP contribution in [0.15, 0.2) is 66.0 Å². The Labute approximate surface area is 153 Å². The number of nitriles is 1. The van der Waals surface area contributed by atoms with Gasteiger partial charge in [0, 0.05) is 12.2 Å². The van der Waals surface area contributed by atoms with E-state index in [2.05, 4.69) is 25.0 Å². The molecule has 5 heteroatoms. The highest BCUT2D eigenvalue weighted by Crippen LogP contribution is 2.27. The number of halogens is 1. The number of anilines is 1. The van der Waals surface area contributed by atoms with Crippen LogP contribution in [0.3, 0.4) is 0 Å². The molecule has 2 rings (SSSR count). The lowest BCUT2D eigenvalue weighted by atomic mass is 9.95. The van der Waals surface area contributed by atoms with Gasteiger partial charge in [0.05, 0.1) is 12.1 Å². The Bertz CT molecular complexity index is 826. The maximum absolute atomic E-state index is 13.8. The monoisotopic (exact) mass is 351 g/mol. The van der Waals surface area contributed by atoms with Gasteiger partial charge in [-0.1, -0.05) is 36.4 Å². The largest absolute Gasteiger partial charge is 0.322 e. The smallest absolute Gasteiger partial charge is 0.258 e. The van der Waals surface area contributed by atoms with E-state index in [1.807, 2.05) is 12.1 Å². The Hall–Kier alpha value is -3.13. The number of hydrogen-bond donors (Lipinski definition) is 1. The molecule has 0 fully saturated rings. The molecule has 1 aromatic carbocycles. The summed E-state index contributed by atoms with van der Waals surface area (Å²) in [5.41, 5.74) is 3.91. The molecule has 0 bridgehead atoms. The standard InChI is InChI=1S/C21H22FN3O/c1-4-6-18(20(22)5-2)21(26)24-17-9-7-16(8-10-17)19-13-25(14-23)12-11-15(19)3/h4-10H,1,11-13H2,2-3H3,(H,24,26)/b18-6+,20-5+. The zero-order chi connectivity index (χ0) is 19.1. The van der Waals surface area contributed by atoms with E-state index >= 15 is 0 Å². The summed E-state index contributed by atoms with van der Waals surface area (Å²) in [5.74, 6) is -1.13. The fourth-order valence-electron chi connectivity index (χ4n) is 2.77. The van der Waals surface area contributed by atoms with E-state index in [1.165, 1.54) is 30.7 Å². The van der Waals surface area contributed by atoms with Crippen molar-refractivity contribution in [1.82, 2.24) is 4.90 Å². The number of nitrogens with zero attached hydrogens (tertiary/aromatic N) is 2. The van der Waals surface area contributed by atoms with Gasteiger partial charge in [-0.05, 0) is 49.6 Å². The Balaban J connectivity index is 2.17. The van der Waals surface area contributed by atoms with Crippen molar-refractivity contribution in [1.29, 1.82) is 5.26 Å². The van der Waals surface area contributed by atoms with Gasteiger partial charge in [-0.25, -0.2) is 4.39 Å². The molecule has 1 amide bonds. The minimum atomic E-state index is -0.599. The molecular weight excluding hydrogens is 329 g/mol. The van der Waals surface area contributed by atoms with Crippen molar-refractivity contribution in [3.05, 3.63) is 71.6 Å². The van der Waals surface area contributed by atoms with Gasteiger partial charge in [-0.2, -0.15) is 5.26 Å². The van der Waals surface area contributed by atoms with Crippen LogP contribution >= 0.6 is 0 Å². The van der Waals surface area contributed by atoms with Gasteiger partial charge in [0.15, 0.2) is 6.19 Å². The van der Waals surface area contributed by atoms with Crippen molar-refractivity contribution < 1.29 is 9.18 Å². The lowest BCUT2D eigenvalue weighted by Crippen LogP contribution is -2.26. The van der Waals surface area contributed by atoms with Gasteiger partial charge in [-0.15, -0.1) is 0 Å². The van der Waals surface area contributed by atoms with E-state index in [1.54, 1.807) is 17.0 Å². The van der Waals surface area contributed by atoms with E-state index < -0.39 is 11.7 Å². The molecule has 0 unspecified atom stereocenters. The molecule has 26 heavy (non-hydrogen) atoms. The Kier molecular flexibility index (Phi) is 6.51. The summed E-state index contributed by atoms with van der Waals surface area (Å²) in [4.78, 5) is 14.0. The zero-order valence-corrected chi connectivity index (χ0v) is 15.1. The fraction of sp³-hybridized carbons (Fsp3) is 0.238. The molecular formula is C21H22FN3O. The van der Waals surface area contributed by atoms with E-state index in [-0.39, 0.29) is 5.57 Å². The first-order chi connectivity index (χ1) is 12.5. The van der Waals surface area contributed by atoms with Crippen LogP contribution in [0.4, 0.5) is 10.1 Å². The first-order valence-corrected chi connectivity index (χ1v) is 8.40. The lowest BCUT2D eigenvalue weighted by Gasteiger charge is -2.25. The molecule has 134 valence electrons.